The predicted octanol–water partition coefficient (Wildman–Crippen LogP) is 4.20. The van der Waals surface area contributed by atoms with Gasteiger partial charge in [-0.1, -0.05) is 24.3 Å². The van der Waals surface area contributed by atoms with Crippen LogP contribution in [0.4, 0.5) is 29.2 Å². The van der Waals surface area contributed by atoms with Crippen LogP contribution in [0.5, 0.6) is 5.75 Å². The summed E-state index contributed by atoms with van der Waals surface area (Å²) in [5, 5.41) is 6.46. The molecule has 3 N–H and O–H groups in total. The van der Waals surface area contributed by atoms with E-state index in [9.17, 15) is 22.4 Å². The SMILES string of the molecule is Nc1nc2cc(-c3ccc(CC(=O)Nc4ccc(OC(F)(F)F)c(F)c4)cc3)ccn2n1. The zero-order valence-corrected chi connectivity index (χ0v) is 16.2. The Hall–Kier alpha value is -4.15. The van der Waals surface area contributed by atoms with Crippen LogP contribution in [0.25, 0.3) is 16.8 Å². The summed E-state index contributed by atoms with van der Waals surface area (Å²) in [7, 11) is 0. The van der Waals surface area contributed by atoms with Crippen molar-refractivity contribution in [1.29, 1.82) is 0 Å². The van der Waals surface area contributed by atoms with E-state index in [-0.39, 0.29) is 18.1 Å². The number of nitrogen functional groups attached to an aromatic ring is 1. The number of alkyl halides is 3. The fraction of sp³-hybridized carbons (Fsp3) is 0.0952. The number of rotatable bonds is 5. The minimum absolute atomic E-state index is 0.0115. The number of ether oxygens (including phenoxy) is 1. The fourth-order valence-corrected chi connectivity index (χ4v) is 3.07. The molecule has 0 spiro atoms. The van der Waals surface area contributed by atoms with Gasteiger partial charge in [0.05, 0.1) is 6.42 Å². The number of nitrogens with zero attached hydrogens (tertiary/aromatic N) is 3. The lowest BCUT2D eigenvalue weighted by molar-refractivity contribution is -0.275. The van der Waals surface area contributed by atoms with Crippen molar-refractivity contribution in [1.82, 2.24) is 14.6 Å². The molecule has 0 aliphatic carbocycles. The van der Waals surface area contributed by atoms with Crippen LogP contribution >= 0.6 is 0 Å². The van der Waals surface area contributed by atoms with E-state index in [1.165, 1.54) is 0 Å². The van der Waals surface area contributed by atoms with E-state index in [4.69, 9.17) is 5.73 Å². The molecule has 4 aromatic rings. The van der Waals surface area contributed by atoms with Crippen molar-refractivity contribution >= 4 is 23.2 Å². The zero-order valence-electron chi connectivity index (χ0n) is 16.2. The van der Waals surface area contributed by atoms with E-state index in [1.807, 2.05) is 24.3 Å². The standard InChI is InChI=1S/C21H15F4N5O2/c22-16-11-15(5-6-17(16)32-21(23,24)25)27-19(31)9-12-1-3-13(4-2-12)14-7-8-30-18(10-14)28-20(26)29-30/h1-8,10-11H,9H2,(H2,26,29)(H,27,31). The molecule has 0 aliphatic heterocycles. The Bertz CT molecular complexity index is 1290. The number of hydrogen-bond acceptors (Lipinski definition) is 5. The summed E-state index contributed by atoms with van der Waals surface area (Å²) >= 11 is 0. The number of anilines is 2. The molecule has 0 saturated carbocycles. The lowest BCUT2D eigenvalue weighted by Crippen LogP contribution is -2.18. The molecule has 0 bridgehead atoms. The predicted molar refractivity (Wildman–Crippen MR) is 108 cm³/mol. The molecular formula is C21H15F4N5O2. The van der Waals surface area contributed by atoms with Crippen LogP contribution in [0.1, 0.15) is 5.56 Å². The summed E-state index contributed by atoms with van der Waals surface area (Å²) in [5.41, 5.74) is 8.67. The van der Waals surface area contributed by atoms with Gasteiger partial charge in [-0.25, -0.2) is 8.91 Å². The fourth-order valence-electron chi connectivity index (χ4n) is 3.07. The zero-order chi connectivity index (χ0) is 22.9. The van der Waals surface area contributed by atoms with E-state index >= 15 is 0 Å². The number of aromatic nitrogens is 3. The highest BCUT2D eigenvalue weighted by atomic mass is 19.4. The molecule has 0 aliphatic rings. The smallest absolute Gasteiger partial charge is 0.403 e. The molecule has 7 nitrogen and oxygen atoms in total. The van der Waals surface area contributed by atoms with Gasteiger partial charge in [-0.15, -0.1) is 18.3 Å². The lowest BCUT2D eigenvalue weighted by atomic mass is 10.0. The topological polar surface area (TPSA) is 94.5 Å². The van der Waals surface area contributed by atoms with E-state index in [0.29, 0.717) is 11.2 Å². The minimum atomic E-state index is -5.01. The van der Waals surface area contributed by atoms with E-state index in [1.54, 1.807) is 22.8 Å². The molecule has 0 radical (unpaired) electrons. The van der Waals surface area contributed by atoms with E-state index < -0.39 is 23.8 Å². The number of fused-ring (bicyclic) bond motifs is 1. The highest BCUT2D eigenvalue weighted by Crippen LogP contribution is 2.27. The van der Waals surface area contributed by atoms with Crippen molar-refractivity contribution in [2.75, 3.05) is 11.1 Å². The van der Waals surface area contributed by atoms with Crippen LogP contribution < -0.4 is 15.8 Å². The van der Waals surface area contributed by atoms with Crippen LogP contribution in [-0.4, -0.2) is 26.9 Å². The molecule has 0 atom stereocenters. The Morgan fingerprint density at radius 1 is 1.06 bits per heavy atom. The second-order valence-electron chi connectivity index (χ2n) is 6.80. The van der Waals surface area contributed by atoms with Gasteiger partial charge in [-0.3, -0.25) is 4.79 Å². The maximum absolute atomic E-state index is 13.8. The van der Waals surface area contributed by atoms with Gasteiger partial charge in [0.15, 0.2) is 17.2 Å². The normalized spacial score (nSPS) is 11.5. The molecule has 11 heteroatoms. The van der Waals surface area contributed by atoms with E-state index in [0.717, 1.165) is 29.3 Å². The summed E-state index contributed by atoms with van der Waals surface area (Å²) in [6.07, 6.45) is -3.28. The van der Waals surface area contributed by atoms with Crippen molar-refractivity contribution in [2.45, 2.75) is 12.8 Å². The third-order valence-electron chi connectivity index (χ3n) is 4.45. The van der Waals surface area contributed by atoms with Gasteiger partial charge in [0.25, 0.3) is 0 Å². The highest BCUT2D eigenvalue weighted by Gasteiger charge is 2.32. The summed E-state index contributed by atoms with van der Waals surface area (Å²) in [4.78, 5) is 16.3. The molecule has 4 rings (SSSR count). The Labute approximate surface area is 178 Å². The van der Waals surface area contributed by atoms with E-state index in [2.05, 4.69) is 20.1 Å². The Morgan fingerprint density at radius 2 is 1.81 bits per heavy atom. The lowest BCUT2D eigenvalue weighted by Gasteiger charge is -2.11. The number of amides is 1. The molecule has 2 heterocycles. The maximum Gasteiger partial charge on any atom is 0.573 e. The van der Waals surface area contributed by atoms with Crippen molar-refractivity contribution in [3.05, 3.63) is 72.2 Å². The average Bonchev–Trinajstić information content (AvgIpc) is 3.09. The Balaban J connectivity index is 1.40. The third-order valence-corrected chi connectivity index (χ3v) is 4.45. The first-order valence-corrected chi connectivity index (χ1v) is 9.23. The van der Waals surface area contributed by atoms with Crippen molar-refractivity contribution in [2.24, 2.45) is 0 Å². The van der Waals surface area contributed by atoms with Crippen LogP contribution in [0.15, 0.2) is 60.8 Å². The Morgan fingerprint density at radius 3 is 2.50 bits per heavy atom. The molecule has 164 valence electrons. The third kappa shape index (κ3) is 4.94. The van der Waals surface area contributed by atoms with Gasteiger partial charge in [0.1, 0.15) is 0 Å². The van der Waals surface area contributed by atoms with Crippen molar-refractivity contribution in [3.8, 4) is 16.9 Å². The van der Waals surface area contributed by atoms with Crippen LogP contribution in [0, 0.1) is 5.82 Å². The van der Waals surface area contributed by atoms with Gasteiger partial charge in [0, 0.05) is 18.0 Å². The van der Waals surface area contributed by atoms with Gasteiger partial charge in [-0.05, 0) is 41.0 Å². The minimum Gasteiger partial charge on any atom is -0.403 e. The van der Waals surface area contributed by atoms with Crippen LogP contribution in [0.2, 0.25) is 0 Å². The molecule has 2 aromatic carbocycles. The summed E-state index contributed by atoms with van der Waals surface area (Å²) in [6, 6.07) is 13.5. The largest absolute Gasteiger partial charge is 0.573 e. The first-order valence-electron chi connectivity index (χ1n) is 9.23. The molecule has 0 fully saturated rings. The molecular weight excluding hydrogens is 430 g/mol. The number of carbonyl (C=O) groups excluding carboxylic acids is 1. The van der Waals surface area contributed by atoms with Gasteiger partial charge in [-0.2, -0.15) is 4.98 Å². The molecule has 0 unspecified atom stereocenters. The van der Waals surface area contributed by atoms with Crippen molar-refractivity contribution < 1.29 is 27.1 Å². The number of hydrogen-bond donors (Lipinski definition) is 2. The Kier molecular flexibility index (Phi) is 5.39. The number of carbonyl (C=O) groups is 1. The summed E-state index contributed by atoms with van der Waals surface area (Å²) in [6.45, 7) is 0. The highest BCUT2D eigenvalue weighted by molar-refractivity contribution is 5.92. The first kappa shape index (κ1) is 21.1. The second-order valence-corrected chi connectivity index (χ2v) is 6.80. The quantitative estimate of drug-likeness (QED) is 0.449. The first-order chi connectivity index (χ1) is 15.2. The molecule has 2 aromatic heterocycles. The number of benzene rings is 2. The van der Waals surface area contributed by atoms with Crippen molar-refractivity contribution in [3.63, 3.8) is 0 Å². The van der Waals surface area contributed by atoms with Crippen LogP contribution in [0.3, 0.4) is 0 Å². The second kappa shape index (κ2) is 8.17. The average molecular weight is 445 g/mol. The number of nitrogens with two attached hydrogens (primary N) is 1. The number of pyridine rings is 1. The molecule has 1 amide bonds. The maximum atomic E-state index is 13.8. The van der Waals surface area contributed by atoms with Crippen LogP contribution in [-0.2, 0) is 11.2 Å². The monoisotopic (exact) mass is 445 g/mol. The molecule has 32 heavy (non-hydrogen) atoms. The summed E-state index contributed by atoms with van der Waals surface area (Å²) < 4.78 is 55.5. The van der Waals surface area contributed by atoms with Gasteiger partial charge >= 0.3 is 6.36 Å². The van der Waals surface area contributed by atoms with Gasteiger partial charge < -0.3 is 15.8 Å². The molecule has 0 saturated heterocycles. The van der Waals surface area contributed by atoms with Gasteiger partial charge in [0.2, 0.25) is 11.9 Å². The number of halogens is 4. The number of nitrogens with one attached hydrogen (secondary N) is 1. The summed E-state index contributed by atoms with van der Waals surface area (Å²) in [5.74, 6) is -2.50.